The lowest BCUT2D eigenvalue weighted by Gasteiger charge is -2.17. The number of halogens is 1. The number of hydrogen-bond acceptors (Lipinski definition) is 3. The number of aryl methyl sites for hydroxylation is 1. The van der Waals surface area contributed by atoms with Crippen molar-refractivity contribution in [3.05, 3.63) is 70.6 Å². The fourth-order valence-corrected chi connectivity index (χ4v) is 2.88. The highest BCUT2D eigenvalue weighted by molar-refractivity contribution is 6.32. The summed E-state index contributed by atoms with van der Waals surface area (Å²) in [6.45, 7) is 1.87. The van der Waals surface area contributed by atoms with Crippen molar-refractivity contribution in [1.82, 2.24) is 14.7 Å². The first-order valence-corrected chi connectivity index (χ1v) is 8.15. The summed E-state index contributed by atoms with van der Waals surface area (Å²) in [5.41, 5.74) is 2.90. The maximum absolute atomic E-state index is 12.6. The van der Waals surface area contributed by atoms with Gasteiger partial charge in [0, 0.05) is 6.20 Å². The number of carbonyl (C=O) groups excluding carboxylic acids is 1. The van der Waals surface area contributed by atoms with E-state index in [1.54, 1.807) is 22.7 Å². The maximum Gasteiger partial charge on any atom is 0.272 e. The van der Waals surface area contributed by atoms with Gasteiger partial charge in [-0.3, -0.25) is 9.20 Å². The van der Waals surface area contributed by atoms with Crippen molar-refractivity contribution in [3.63, 3.8) is 0 Å². The topological polar surface area (TPSA) is 66.6 Å². The minimum absolute atomic E-state index is 0.136. The number of fused-ring (bicyclic) bond motifs is 1. The quantitative estimate of drug-likeness (QED) is 0.748. The van der Waals surface area contributed by atoms with E-state index in [1.165, 1.54) is 5.56 Å². The van der Waals surface area contributed by atoms with Gasteiger partial charge >= 0.3 is 0 Å². The van der Waals surface area contributed by atoms with Crippen molar-refractivity contribution in [2.24, 2.45) is 0 Å². The van der Waals surface area contributed by atoms with Crippen LogP contribution in [0.2, 0.25) is 5.15 Å². The second-order valence-electron chi connectivity index (χ2n) is 5.48. The van der Waals surface area contributed by atoms with E-state index in [1.807, 2.05) is 30.3 Å². The lowest BCUT2D eigenvalue weighted by molar-refractivity contribution is 0.0910. The summed E-state index contributed by atoms with van der Waals surface area (Å²) >= 11 is 6.12. The number of hydrogen-bond donors (Lipinski definition) is 2. The predicted octanol–water partition coefficient (Wildman–Crippen LogP) is 3.01. The molecule has 6 heteroatoms. The van der Waals surface area contributed by atoms with E-state index in [-0.39, 0.29) is 23.4 Å². The van der Waals surface area contributed by atoms with Crippen molar-refractivity contribution in [2.75, 3.05) is 6.61 Å². The third kappa shape index (κ3) is 3.13. The molecule has 5 nitrogen and oxygen atoms in total. The molecule has 3 aromatic rings. The Morgan fingerprint density at radius 3 is 2.71 bits per heavy atom. The molecule has 0 fully saturated rings. The standard InChI is InChI=1S/C18H18ClN3O2/c1-2-12-6-8-13(9-7-12)14(11-23)20-18(24)16-17(19)21-15-5-3-4-10-22(15)16/h3-10,14,23H,2,11H2,1H3,(H,20,24). The molecule has 0 saturated carbocycles. The number of amides is 1. The largest absolute Gasteiger partial charge is 0.394 e. The van der Waals surface area contributed by atoms with Crippen LogP contribution in [0.25, 0.3) is 5.65 Å². The number of aromatic nitrogens is 2. The van der Waals surface area contributed by atoms with Crippen LogP contribution >= 0.6 is 11.6 Å². The highest BCUT2D eigenvalue weighted by atomic mass is 35.5. The van der Waals surface area contributed by atoms with Gasteiger partial charge in [0.2, 0.25) is 0 Å². The van der Waals surface area contributed by atoms with E-state index in [9.17, 15) is 9.90 Å². The predicted molar refractivity (Wildman–Crippen MR) is 93.3 cm³/mol. The average molecular weight is 344 g/mol. The number of imidazole rings is 1. The Hall–Kier alpha value is -2.37. The molecule has 0 aliphatic carbocycles. The molecular formula is C18H18ClN3O2. The highest BCUT2D eigenvalue weighted by Gasteiger charge is 2.21. The van der Waals surface area contributed by atoms with E-state index in [0.29, 0.717) is 5.65 Å². The first kappa shape index (κ1) is 16.5. The van der Waals surface area contributed by atoms with E-state index in [2.05, 4.69) is 17.2 Å². The zero-order chi connectivity index (χ0) is 17.1. The molecule has 2 heterocycles. The lowest BCUT2D eigenvalue weighted by Crippen LogP contribution is -2.31. The fraction of sp³-hybridized carbons (Fsp3) is 0.222. The Morgan fingerprint density at radius 2 is 2.04 bits per heavy atom. The fourth-order valence-electron chi connectivity index (χ4n) is 2.62. The molecule has 0 aliphatic rings. The summed E-state index contributed by atoms with van der Waals surface area (Å²) in [6.07, 6.45) is 2.67. The van der Waals surface area contributed by atoms with Crippen molar-refractivity contribution in [2.45, 2.75) is 19.4 Å². The average Bonchev–Trinajstić information content (AvgIpc) is 2.95. The molecule has 1 unspecified atom stereocenters. The molecule has 2 N–H and O–H groups in total. The van der Waals surface area contributed by atoms with Gasteiger partial charge in [-0.25, -0.2) is 4.98 Å². The van der Waals surface area contributed by atoms with Crippen molar-refractivity contribution < 1.29 is 9.90 Å². The van der Waals surface area contributed by atoms with Gasteiger partial charge in [-0.1, -0.05) is 48.9 Å². The van der Waals surface area contributed by atoms with Gasteiger partial charge in [0.1, 0.15) is 5.65 Å². The van der Waals surface area contributed by atoms with E-state index in [0.717, 1.165) is 12.0 Å². The van der Waals surface area contributed by atoms with Crippen LogP contribution in [0.5, 0.6) is 0 Å². The number of benzene rings is 1. The SMILES string of the molecule is CCc1ccc(C(CO)NC(=O)c2c(Cl)nc3ccccn23)cc1. The first-order chi connectivity index (χ1) is 11.6. The third-order valence-corrected chi connectivity index (χ3v) is 4.24. The normalized spacial score (nSPS) is 12.3. The van der Waals surface area contributed by atoms with Crippen LogP contribution in [-0.2, 0) is 6.42 Å². The summed E-state index contributed by atoms with van der Waals surface area (Å²) in [4.78, 5) is 16.8. The highest BCUT2D eigenvalue weighted by Crippen LogP contribution is 2.20. The van der Waals surface area contributed by atoms with Crippen molar-refractivity contribution >= 4 is 23.2 Å². The molecule has 1 atom stereocenters. The summed E-state index contributed by atoms with van der Waals surface area (Å²) in [6, 6.07) is 12.7. The Bertz CT molecular complexity index is 858. The van der Waals surface area contributed by atoms with Crippen LogP contribution in [0.3, 0.4) is 0 Å². The number of nitrogens with zero attached hydrogens (tertiary/aromatic N) is 2. The Labute approximate surface area is 144 Å². The summed E-state index contributed by atoms with van der Waals surface area (Å²) < 4.78 is 1.63. The second kappa shape index (κ2) is 7.03. The third-order valence-electron chi connectivity index (χ3n) is 3.98. The van der Waals surface area contributed by atoms with Gasteiger partial charge in [-0.2, -0.15) is 0 Å². The van der Waals surface area contributed by atoms with Gasteiger partial charge < -0.3 is 10.4 Å². The van der Waals surface area contributed by atoms with Crippen LogP contribution in [0.15, 0.2) is 48.7 Å². The van der Waals surface area contributed by atoms with Crippen LogP contribution < -0.4 is 5.32 Å². The molecule has 3 rings (SSSR count). The molecule has 0 saturated heterocycles. The van der Waals surface area contributed by atoms with Crippen molar-refractivity contribution in [3.8, 4) is 0 Å². The number of carbonyl (C=O) groups is 1. The van der Waals surface area contributed by atoms with Crippen LogP contribution in [0.1, 0.15) is 34.6 Å². The van der Waals surface area contributed by atoms with E-state index < -0.39 is 6.04 Å². The van der Waals surface area contributed by atoms with Crippen LogP contribution in [-0.4, -0.2) is 27.0 Å². The Morgan fingerprint density at radius 1 is 1.29 bits per heavy atom. The summed E-state index contributed by atoms with van der Waals surface area (Å²) in [7, 11) is 0. The van der Waals surface area contributed by atoms with E-state index >= 15 is 0 Å². The Balaban J connectivity index is 1.87. The number of nitrogens with one attached hydrogen (secondary N) is 1. The van der Waals surface area contributed by atoms with Crippen molar-refractivity contribution in [1.29, 1.82) is 0 Å². The number of pyridine rings is 1. The zero-order valence-corrected chi connectivity index (χ0v) is 14.0. The Kier molecular flexibility index (Phi) is 4.83. The van der Waals surface area contributed by atoms with Crippen LogP contribution in [0.4, 0.5) is 0 Å². The lowest BCUT2D eigenvalue weighted by atomic mass is 10.0. The summed E-state index contributed by atoms with van der Waals surface area (Å²) in [5, 5.41) is 12.6. The molecule has 0 spiro atoms. The maximum atomic E-state index is 12.6. The molecule has 124 valence electrons. The first-order valence-electron chi connectivity index (χ1n) is 7.77. The van der Waals surface area contributed by atoms with Gasteiger partial charge in [0.05, 0.1) is 12.6 Å². The van der Waals surface area contributed by atoms with Gasteiger partial charge in [0.15, 0.2) is 10.8 Å². The van der Waals surface area contributed by atoms with Gasteiger partial charge in [-0.15, -0.1) is 0 Å². The number of aliphatic hydroxyl groups is 1. The molecule has 0 radical (unpaired) electrons. The van der Waals surface area contributed by atoms with Crippen LogP contribution in [0, 0.1) is 0 Å². The molecule has 0 aliphatic heterocycles. The minimum atomic E-state index is -0.506. The zero-order valence-electron chi connectivity index (χ0n) is 13.2. The monoisotopic (exact) mass is 343 g/mol. The van der Waals surface area contributed by atoms with E-state index in [4.69, 9.17) is 11.6 Å². The van der Waals surface area contributed by atoms with Gasteiger partial charge in [-0.05, 0) is 29.7 Å². The molecular weight excluding hydrogens is 326 g/mol. The number of rotatable bonds is 5. The molecule has 1 aromatic carbocycles. The van der Waals surface area contributed by atoms with Gasteiger partial charge in [0.25, 0.3) is 5.91 Å². The summed E-state index contributed by atoms with van der Waals surface area (Å²) in [5.74, 6) is -0.377. The smallest absolute Gasteiger partial charge is 0.272 e. The second-order valence-corrected chi connectivity index (χ2v) is 5.84. The molecule has 24 heavy (non-hydrogen) atoms. The minimum Gasteiger partial charge on any atom is -0.394 e. The molecule has 1 amide bonds. The molecule has 0 bridgehead atoms. The molecule has 2 aromatic heterocycles. The number of aliphatic hydroxyl groups excluding tert-OH is 1.